The third-order valence-electron chi connectivity index (χ3n) is 34.3. The van der Waals surface area contributed by atoms with Crippen LogP contribution in [0, 0.1) is 0 Å². The molecule has 0 N–H and O–H groups in total. The summed E-state index contributed by atoms with van der Waals surface area (Å²) in [5.74, 6) is 0. The normalized spacial score (nSPS) is 15.4. The summed E-state index contributed by atoms with van der Waals surface area (Å²) in [5.41, 5.74) is 34.7. The maximum Gasteiger partial charge on any atom is 0.0541 e. The van der Waals surface area contributed by atoms with Gasteiger partial charge in [-0.2, -0.15) is 0 Å². The number of aromatic nitrogens is 1. The van der Waals surface area contributed by atoms with E-state index in [-0.39, 0.29) is 37.9 Å². The molecule has 0 saturated carbocycles. The van der Waals surface area contributed by atoms with Gasteiger partial charge in [0.25, 0.3) is 0 Å². The molecule has 0 saturated heterocycles. The molecule has 0 radical (unpaired) electrons. The Bertz CT molecular complexity index is 8990. The first-order chi connectivity index (χ1) is 67.3. The molecule has 4 aliphatic rings. The summed E-state index contributed by atoms with van der Waals surface area (Å²) in [6, 6.07) is 156. The molecule has 0 atom stereocenters. The molecule has 0 unspecified atom stereocenters. The van der Waals surface area contributed by atoms with E-state index >= 15 is 0 Å². The number of hydrogen-bond donors (Lipinski definition) is 0. The van der Waals surface area contributed by atoms with Crippen molar-refractivity contribution in [3.63, 3.8) is 0 Å². The fourth-order valence-corrected chi connectivity index (χ4v) is 26.1. The fourth-order valence-electron chi connectivity index (χ4n) is 25.0. The van der Waals surface area contributed by atoms with Gasteiger partial charge in [-0.3, -0.25) is 0 Å². The van der Waals surface area contributed by atoms with Gasteiger partial charge in [-0.25, -0.2) is 0 Å². The van der Waals surface area contributed by atoms with E-state index in [4.69, 9.17) is 0 Å². The van der Waals surface area contributed by atoms with Crippen LogP contribution in [-0.2, 0) is 37.9 Å². The molecular weight excluding hydrogens is 1700 g/mol. The van der Waals surface area contributed by atoms with Gasteiger partial charge in [0.2, 0.25) is 0 Å². The predicted octanol–water partition coefficient (Wildman–Crippen LogP) is 38.1. The second kappa shape index (κ2) is 31.4. The van der Waals surface area contributed by atoms with Crippen LogP contribution in [0.1, 0.15) is 141 Å². The van der Waals surface area contributed by atoms with Crippen molar-refractivity contribution >= 4 is 152 Å². The number of rotatable bonds is 8. The van der Waals surface area contributed by atoms with E-state index in [1.165, 1.54) is 235 Å². The first-order valence-corrected chi connectivity index (χ1v) is 50.3. The molecule has 23 aromatic rings. The topological polar surface area (TPSA) is 11.4 Å². The first kappa shape index (κ1) is 85.5. The summed E-state index contributed by atoms with van der Waals surface area (Å²) in [6.07, 6.45) is 0. The molecule has 21 aromatic carbocycles. The lowest BCUT2D eigenvalue weighted by molar-refractivity contribution is 0.301. The van der Waals surface area contributed by atoms with Crippen molar-refractivity contribution in [2.75, 3.05) is 9.80 Å². The maximum atomic E-state index is 2.48. The van der Waals surface area contributed by atoms with E-state index in [0.717, 1.165) is 11.4 Å². The molecule has 0 spiro atoms. The molecule has 4 aliphatic carbocycles. The van der Waals surface area contributed by atoms with Crippen molar-refractivity contribution in [3.8, 4) is 61.3 Å². The van der Waals surface area contributed by atoms with Gasteiger partial charge in [-0.15, -0.1) is 11.3 Å². The fraction of sp³-hybridized carbons (Fsp3) is 0.156. The Labute approximate surface area is 819 Å². The molecule has 0 bridgehead atoms. The third kappa shape index (κ3) is 12.8. The van der Waals surface area contributed by atoms with Crippen molar-refractivity contribution in [2.24, 2.45) is 0 Å². The zero-order valence-electron chi connectivity index (χ0n) is 81.6. The van der Waals surface area contributed by atoms with E-state index in [1.807, 2.05) is 11.3 Å². The van der Waals surface area contributed by atoms with Crippen LogP contribution in [0.5, 0.6) is 0 Å². The van der Waals surface area contributed by atoms with Crippen molar-refractivity contribution in [1.82, 2.24) is 4.57 Å². The highest BCUT2D eigenvalue weighted by Crippen LogP contribution is 2.62. The Morgan fingerprint density at radius 2 is 0.511 bits per heavy atom. The maximum absolute atomic E-state index is 2.48. The van der Waals surface area contributed by atoms with Crippen LogP contribution >= 0.6 is 11.3 Å². The van der Waals surface area contributed by atoms with Crippen LogP contribution in [0.4, 0.5) is 34.1 Å². The molecule has 139 heavy (non-hydrogen) atoms. The van der Waals surface area contributed by atoms with Gasteiger partial charge >= 0.3 is 0 Å². The number of nitrogens with zero attached hydrogens (tertiary/aromatic N) is 3. The van der Waals surface area contributed by atoms with E-state index in [2.05, 4.69) is 530 Å². The monoisotopic (exact) mass is 1810 g/mol. The lowest BCUT2D eigenvalue weighted by Gasteiger charge is -2.49. The van der Waals surface area contributed by atoms with Crippen LogP contribution < -0.4 is 9.80 Å². The van der Waals surface area contributed by atoms with Gasteiger partial charge in [0.1, 0.15) is 0 Å². The average Bonchev–Trinajstić information content (AvgIpc) is 1.41. The minimum Gasteiger partial charge on any atom is -0.310 e. The first-order valence-electron chi connectivity index (χ1n) is 49.5. The van der Waals surface area contributed by atoms with E-state index in [1.54, 1.807) is 0 Å². The minimum atomic E-state index is -0.130. The molecule has 3 nitrogen and oxygen atoms in total. The zero-order chi connectivity index (χ0) is 94.7. The number of thiophene rings is 1. The van der Waals surface area contributed by atoms with Crippen molar-refractivity contribution in [1.29, 1.82) is 0 Å². The highest BCUT2D eigenvalue weighted by atomic mass is 32.1. The van der Waals surface area contributed by atoms with Crippen LogP contribution in [0.25, 0.3) is 168 Å². The third-order valence-corrected chi connectivity index (χ3v) is 35.4. The van der Waals surface area contributed by atoms with E-state index < -0.39 is 0 Å². The second-order valence-corrected chi connectivity index (χ2v) is 44.1. The molecule has 0 amide bonds. The lowest BCUT2D eigenvalue weighted by atomic mass is 9.54. The molecule has 2 heterocycles. The Morgan fingerprint density at radius 1 is 0.187 bits per heavy atom. The summed E-state index contributed by atoms with van der Waals surface area (Å²) in [7, 11) is 0. The van der Waals surface area contributed by atoms with E-state index in [0.29, 0.717) is 0 Å². The molecular formula is C135H111N3S. The largest absolute Gasteiger partial charge is 0.310 e. The zero-order valence-corrected chi connectivity index (χ0v) is 82.4. The second-order valence-electron chi connectivity index (χ2n) is 43.0. The van der Waals surface area contributed by atoms with Crippen molar-refractivity contribution in [3.05, 3.63) is 463 Å². The van der Waals surface area contributed by atoms with Crippen LogP contribution in [0.15, 0.2) is 419 Å². The summed E-state index contributed by atoms with van der Waals surface area (Å²) >= 11 is 1.87. The number of para-hydroxylation sites is 4. The molecule has 672 valence electrons. The average molecular weight is 1810 g/mol. The van der Waals surface area contributed by atoms with Gasteiger partial charge in [-0.1, -0.05) is 400 Å². The Kier molecular flexibility index (Phi) is 19.3. The SMILES string of the molecule is CC1(C)c2cc(-c3ccc(-n4c5ccccc5c5ccccc54)cc3)ccc2-c2ccc3c(ccc4ccccc43)c2C1(C)C.CC1(C)c2cc(N(c3ccccc3)c3ccc4sc5ccccc5c4c3)ccc2-c2ccc3c(ccc4ccccc43)c2C1(C)C.CC1(C)c2ccccc2-c2ccc(N(c3ccccc3)c3ccc4c(c3)C(C)(C)C(C)(C)c3c-4ccc4c3ccc3ccccc34)cc21. The van der Waals surface area contributed by atoms with Crippen LogP contribution in [-0.4, -0.2) is 4.57 Å². The smallest absolute Gasteiger partial charge is 0.0541 e. The minimum absolute atomic E-state index is 0.0655. The van der Waals surface area contributed by atoms with Crippen molar-refractivity contribution in [2.45, 2.75) is 135 Å². The summed E-state index contributed by atoms with van der Waals surface area (Å²) < 4.78 is 5.04. The number of benzene rings is 21. The molecule has 0 aliphatic heterocycles. The molecule has 0 fully saturated rings. The Morgan fingerprint density at radius 3 is 0.971 bits per heavy atom. The van der Waals surface area contributed by atoms with Crippen molar-refractivity contribution < 1.29 is 0 Å². The van der Waals surface area contributed by atoms with E-state index in [9.17, 15) is 0 Å². The number of anilines is 6. The summed E-state index contributed by atoms with van der Waals surface area (Å²) in [4.78, 5) is 4.88. The quantitative estimate of drug-likeness (QED) is 0.141. The standard InChI is InChI=1S/C47H41N.C44H35NS.C44H35N/c1-45(2)41-19-13-12-18-36(41)37-24-21-32(28-42(37)45)48(31-15-8-7-9-16-31)33-22-25-38-40-27-26-35-34-17-11-10-14-30(34)20-23-39(35)44(40)47(5,6)46(3,4)43(38)29-33;1-43(2)39-27-31(45(29-13-6-5-7-14-29)30-20-25-41-38(26-30)35-16-10-11-17-40(35)46-41)19-22-34(39)37-24-23-33-32-15-9-8-12-28(32)18-21-36(33)42(37)44(43,3)4;1-43(2)39-27-30(28-17-21-31(22-18-28)45-40-15-9-7-13-35(40)36-14-8-10-16-41(36)45)20-23-34(39)38-26-25-33-32-12-6-5-11-29(32)19-24-37(33)42(38)44(43,3)4/h7-29H,1-6H3;5-27H,1-4H3;5-27H,1-4H3. The van der Waals surface area contributed by atoms with Gasteiger partial charge in [0.15, 0.2) is 0 Å². The summed E-state index contributed by atoms with van der Waals surface area (Å²) in [5, 5.41) is 21.2. The number of hydrogen-bond acceptors (Lipinski definition) is 3. The Hall–Kier alpha value is -15.2. The highest BCUT2D eigenvalue weighted by Gasteiger charge is 2.51. The molecule has 4 heteroatoms. The predicted molar refractivity (Wildman–Crippen MR) is 598 cm³/mol. The lowest BCUT2D eigenvalue weighted by Crippen LogP contribution is -2.43. The van der Waals surface area contributed by atoms with Gasteiger partial charge in [-0.05, 0) is 296 Å². The molecule has 2 aromatic heterocycles. The Balaban J connectivity index is 0.000000110. The molecule has 27 rings (SSSR count). The van der Waals surface area contributed by atoms with Crippen LogP contribution in [0.2, 0.25) is 0 Å². The van der Waals surface area contributed by atoms with Gasteiger partial charge in [0, 0.05) is 92.4 Å². The van der Waals surface area contributed by atoms with Gasteiger partial charge in [0.05, 0.1) is 11.0 Å². The number of fused-ring (bicyclic) bond motifs is 30. The highest BCUT2D eigenvalue weighted by molar-refractivity contribution is 7.25. The summed E-state index contributed by atoms with van der Waals surface area (Å²) in [6.45, 7) is 34.0. The van der Waals surface area contributed by atoms with Crippen LogP contribution in [0.3, 0.4) is 0 Å². The van der Waals surface area contributed by atoms with Gasteiger partial charge < -0.3 is 14.4 Å².